The first-order valence-corrected chi connectivity index (χ1v) is 6.07. The largest absolute Gasteiger partial charge is 0.389 e. The minimum atomic E-state index is 0.134. The molecule has 1 atom stereocenters. The topological polar surface area (TPSA) is 65.1 Å². The zero-order valence-corrected chi connectivity index (χ0v) is 11.6. The van der Waals surface area contributed by atoms with Crippen LogP contribution in [0.1, 0.15) is 25.1 Å². The lowest BCUT2D eigenvalue weighted by Crippen LogP contribution is -2.22. The van der Waals surface area contributed by atoms with E-state index in [9.17, 15) is 0 Å². The summed E-state index contributed by atoms with van der Waals surface area (Å²) in [6, 6.07) is 0. The molecule has 96 valence electrons. The van der Waals surface area contributed by atoms with Crippen molar-refractivity contribution in [3.8, 4) is 0 Å². The molecule has 0 bridgehead atoms. The lowest BCUT2D eigenvalue weighted by Gasteiger charge is -2.14. The molecule has 0 aromatic carbocycles. The van der Waals surface area contributed by atoms with Gasteiger partial charge in [0.2, 0.25) is 0 Å². The molecule has 1 rings (SSSR count). The van der Waals surface area contributed by atoms with Crippen LogP contribution in [-0.4, -0.2) is 34.0 Å². The minimum Gasteiger partial charge on any atom is -0.389 e. The zero-order valence-electron chi connectivity index (χ0n) is 10.8. The molecular weight excluding hydrogens is 236 g/mol. The lowest BCUT2D eigenvalue weighted by molar-refractivity contribution is 0.0854. The number of aromatic nitrogens is 2. The van der Waals surface area contributed by atoms with Gasteiger partial charge < -0.3 is 15.8 Å². The van der Waals surface area contributed by atoms with Crippen LogP contribution in [0.2, 0.25) is 0 Å². The van der Waals surface area contributed by atoms with E-state index >= 15 is 0 Å². The molecule has 0 spiro atoms. The Morgan fingerprint density at radius 3 is 2.82 bits per heavy atom. The van der Waals surface area contributed by atoms with Crippen molar-refractivity contribution < 1.29 is 4.74 Å². The van der Waals surface area contributed by atoms with Crippen LogP contribution < -0.4 is 11.1 Å². The number of thiocarbonyl (C=S) groups is 1. The summed E-state index contributed by atoms with van der Waals surface area (Å²) in [4.78, 5) is 0.363. The van der Waals surface area contributed by atoms with Crippen LogP contribution in [0.25, 0.3) is 0 Å². The number of anilines is 1. The van der Waals surface area contributed by atoms with E-state index in [1.807, 2.05) is 27.8 Å². The molecule has 0 radical (unpaired) electrons. The normalized spacial score (nSPS) is 12.5. The highest BCUT2D eigenvalue weighted by Gasteiger charge is 2.15. The second kappa shape index (κ2) is 5.97. The van der Waals surface area contributed by atoms with Gasteiger partial charge in [0, 0.05) is 20.2 Å². The van der Waals surface area contributed by atoms with Crippen molar-refractivity contribution in [2.24, 2.45) is 12.8 Å². The third-order valence-corrected chi connectivity index (χ3v) is 2.68. The molecule has 5 nitrogen and oxygen atoms in total. The average Bonchev–Trinajstić information content (AvgIpc) is 2.50. The molecule has 0 amide bonds. The van der Waals surface area contributed by atoms with Gasteiger partial charge in [-0.15, -0.1) is 0 Å². The fraction of sp³-hybridized carbons (Fsp3) is 0.636. The Kier molecular flexibility index (Phi) is 4.89. The summed E-state index contributed by atoms with van der Waals surface area (Å²) in [5.41, 5.74) is 7.35. The van der Waals surface area contributed by atoms with Gasteiger partial charge in [0.05, 0.1) is 17.4 Å². The predicted octanol–water partition coefficient (Wildman–Crippen LogP) is 1.20. The van der Waals surface area contributed by atoms with Crippen LogP contribution in [0, 0.1) is 6.92 Å². The van der Waals surface area contributed by atoms with Gasteiger partial charge >= 0.3 is 0 Å². The summed E-state index contributed by atoms with van der Waals surface area (Å²) in [5, 5.41) is 7.58. The van der Waals surface area contributed by atoms with Crippen molar-refractivity contribution in [3.05, 3.63) is 11.3 Å². The number of hydrogen-bond acceptors (Lipinski definition) is 4. The Bertz CT molecular complexity index is 402. The van der Waals surface area contributed by atoms with Crippen LogP contribution in [0.3, 0.4) is 0 Å². The molecule has 6 heteroatoms. The molecule has 1 aromatic rings. The first-order valence-electron chi connectivity index (χ1n) is 5.66. The third-order valence-electron chi connectivity index (χ3n) is 2.48. The molecule has 0 aliphatic carbocycles. The van der Waals surface area contributed by atoms with Crippen LogP contribution in [0.15, 0.2) is 0 Å². The summed E-state index contributed by atoms with van der Waals surface area (Å²) in [5.74, 6) is 0.849. The second-order valence-electron chi connectivity index (χ2n) is 3.94. The van der Waals surface area contributed by atoms with E-state index in [-0.39, 0.29) is 6.10 Å². The number of aryl methyl sites for hydroxylation is 2. The maximum atomic E-state index is 5.70. The summed E-state index contributed by atoms with van der Waals surface area (Å²) in [6.45, 7) is 7.29. The highest BCUT2D eigenvalue weighted by Crippen LogP contribution is 2.18. The Morgan fingerprint density at radius 1 is 1.65 bits per heavy atom. The van der Waals surface area contributed by atoms with Gasteiger partial charge in [-0.05, 0) is 20.8 Å². The van der Waals surface area contributed by atoms with Crippen LogP contribution >= 0.6 is 12.2 Å². The fourth-order valence-electron chi connectivity index (χ4n) is 1.74. The Labute approximate surface area is 107 Å². The molecule has 1 aromatic heterocycles. The zero-order chi connectivity index (χ0) is 13.0. The van der Waals surface area contributed by atoms with E-state index in [2.05, 4.69) is 10.4 Å². The molecule has 0 aliphatic heterocycles. The Balaban J connectivity index is 2.80. The third kappa shape index (κ3) is 3.41. The molecule has 0 saturated heterocycles. The monoisotopic (exact) mass is 256 g/mol. The highest BCUT2D eigenvalue weighted by atomic mass is 32.1. The van der Waals surface area contributed by atoms with Crippen molar-refractivity contribution in [3.63, 3.8) is 0 Å². The number of ether oxygens (including phenoxy) is 1. The molecule has 0 fully saturated rings. The van der Waals surface area contributed by atoms with Crippen molar-refractivity contribution in [1.82, 2.24) is 9.78 Å². The molecule has 0 saturated carbocycles. The van der Waals surface area contributed by atoms with Gasteiger partial charge in [-0.2, -0.15) is 5.10 Å². The van der Waals surface area contributed by atoms with Gasteiger partial charge in [-0.25, -0.2) is 0 Å². The maximum absolute atomic E-state index is 5.70. The van der Waals surface area contributed by atoms with Gasteiger partial charge in [0.1, 0.15) is 10.8 Å². The van der Waals surface area contributed by atoms with E-state index in [1.165, 1.54) is 0 Å². The molecule has 17 heavy (non-hydrogen) atoms. The van der Waals surface area contributed by atoms with Gasteiger partial charge in [0.15, 0.2) is 0 Å². The quantitative estimate of drug-likeness (QED) is 0.749. The first kappa shape index (κ1) is 13.9. The summed E-state index contributed by atoms with van der Waals surface area (Å²) in [6.07, 6.45) is 0.134. The minimum absolute atomic E-state index is 0.134. The summed E-state index contributed by atoms with van der Waals surface area (Å²) >= 11 is 5.03. The van der Waals surface area contributed by atoms with E-state index in [4.69, 9.17) is 22.7 Å². The number of rotatable bonds is 6. The van der Waals surface area contributed by atoms with Crippen molar-refractivity contribution >= 4 is 23.0 Å². The SMILES string of the molecule is CCOC(C)CNc1c(C(N)=S)c(C)nn1C. The van der Waals surface area contributed by atoms with Crippen molar-refractivity contribution in [1.29, 1.82) is 0 Å². The number of nitrogens with zero attached hydrogens (tertiary/aromatic N) is 2. The maximum Gasteiger partial charge on any atom is 0.134 e. The smallest absolute Gasteiger partial charge is 0.134 e. The van der Waals surface area contributed by atoms with Crippen LogP contribution in [-0.2, 0) is 11.8 Å². The van der Waals surface area contributed by atoms with Crippen molar-refractivity contribution in [2.75, 3.05) is 18.5 Å². The van der Waals surface area contributed by atoms with Crippen LogP contribution in [0.5, 0.6) is 0 Å². The Morgan fingerprint density at radius 2 is 2.29 bits per heavy atom. The van der Waals surface area contributed by atoms with Gasteiger partial charge in [-0.1, -0.05) is 12.2 Å². The molecule has 3 N–H and O–H groups in total. The number of hydrogen-bond donors (Lipinski definition) is 2. The second-order valence-corrected chi connectivity index (χ2v) is 4.38. The van der Waals surface area contributed by atoms with E-state index in [1.54, 1.807) is 4.68 Å². The van der Waals surface area contributed by atoms with E-state index in [0.29, 0.717) is 18.1 Å². The molecule has 1 heterocycles. The van der Waals surface area contributed by atoms with Crippen LogP contribution in [0.4, 0.5) is 5.82 Å². The molecule has 0 aliphatic rings. The number of nitrogens with two attached hydrogens (primary N) is 1. The predicted molar refractivity (Wildman–Crippen MR) is 73.4 cm³/mol. The molecule has 1 unspecified atom stereocenters. The fourth-order valence-corrected chi connectivity index (χ4v) is 1.98. The van der Waals surface area contributed by atoms with E-state index < -0.39 is 0 Å². The summed E-state index contributed by atoms with van der Waals surface area (Å²) < 4.78 is 7.21. The number of nitrogens with one attached hydrogen (secondary N) is 1. The molecular formula is C11H20N4OS. The van der Waals surface area contributed by atoms with E-state index in [0.717, 1.165) is 17.1 Å². The first-order chi connectivity index (χ1) is 7.97. The van der Waals surface area contributed by atoms with Gasteiger partial charge in [-0.3, -0.25) is 4.68 Å². The highest BCUT2D eigenvalue weighted by molar-refractivity contribution is 7.80. The van der Waals surface area contributed by atoms with Crippen molar-refractivity contribution in [2.45, 2.75) is 26.9 Å². The van der Waals surface area contributed by atoms with Gasteiger partial charge in [0.25, 0.3) is 0 Å². The Hall–Kier alpha value is -1.14. The summed E-state index contributed by atoms with van der Waals surface area (Å²) in [7, 11) is 1.86. The lowest BCUT2D eigenvalue weighted by atomic mass is 10.2. The average molecular weight is 256 g/mol. The standard InChI is InChI=1S/C11H20N4OS/c1-5-16-7(2)6-13-11-9(10(12)17)8(3)14-15(11)4/h7,13H,5-6H2,1-4H3,(H2,12,17).